The molecule has 2 aromatic carbocycles. The minimum absolute atomic E-state index is 0. The van der Waals surface area contributed by atoms with Crippen LogP contribution in [0.5, 0.6) is 0 Å². The second-order valence-corrected chi connectivity index (χ2v) is 6.37. The fourth-order valence-electron chi connectivity index (χ4n) is 2.59. The quantitative estimate of drug-likeness (QED) is 0.313. The summed E-state index contributed by atoms with van der Waals surface area (Å²) in [4.78, 5) is 18.1. The summed E-state index contributed by atoms with van der Waals surface area (Å²) in [5.74, 6) is 0.696. The number of carbonyl (C=O) groups is 1. The number of guanidine groups is 1. The van der Waals surface area contributed by atoms with E-state index >= 15 is 0 Å². The first-order valence-electron chi connectivity index (χ1n) is 9.05. The third-order valence-corrected chi connectivity index (χ3v) is 4.11. The summed E-state index contributed by atoms with van der Waals surface area (Å²) in [5.41, 5.74) is 3.63. The molecule has 0 atom stereocenters. The molecule has 0 saturated heterocycles. The molecule has 3 N–H and O–H groups in total. The predicted molar refractivity (Wildman–Crippen MR) is 124 cm³/mol. The molecule has 0 heterocycles. The second-order valence-electron chi connectivity index (χ2n) is 6.37. The number of nitrogens with zero attached hydrogens (tertiary/aromatic N) is 2. The molecule has 1 amide bonds. The number of aliphatic imine (C=N–C) groups is 1. The number of halogens is 1. The van der Waals surface area contributed by atoms with E-state index in [4.69, 9.17) is 0 Å². The standard InChI is InChI=1S/C21H28N4O2.HI/c1-4-22-21(24-14-18-7-5-6-8-19(18)15-26)23-13-16-9-11-17(12-10-16)20(27)25(2)3;/h5-12,26H,4,13-15H2,1-3H3,(H2,22,23,24);1H. The van der Waals surface area contributed by atoms with Gasteiger partial charge in [0.25, 0.3) is 5.91 Å². The number of benzene rings is 2. The number of rotatable bonds is 7. The van der Waals surface area contributed by atoms with E-state index in [-0.39, 0.29) is 36.5 Å². The Morgan fingerprint density at radius 1 is 1.04 bits per heavy atom. The maximum absolute atomic E-state index is 11.9. The average Bonchev–Trinajstić information content (AvgIpc) is 2.70. The van der Waals surface area contributed by atoms with Gasteiger partial charge < -0.3 is 20.6 Å². The van der Waals surface area contributed by atoms with Crippen LogP contribution in [-0.2, 0) is 19.7 Å². The Kier molecular flexibility index (Phi) is 10.5. The van der Waals surface area contributed by atoms with Crippen molar-refractivity contribution in [2.75, 3.05) is 20.6 Å². The van der Waals surface area contributed by atoms with E-state index in [2.05, 4.69) is 15.6 Å². The number of carbonyl (C=O) groups excluding carboxylic acids is 1. The van der Waals surface area contributed by atoms with Gasteiger partial charge in [-0.1, -0.05) is 36.4 Å². The van der Waals surface area contributed by atoms with Gasteiger partial charge in [-0.15, -0.1) is 24.0 Å². The topological polar surface area (TPSA) is 77.0 Å². The molecule has 0 aliphatic heterocycles. The molecule has 0 aromatic heterocycles. The third kappa shape index (κ3) is 7.12. The van der Waals surface area contributed by atoms with Crippen molar-refractivity contribution in [2.24, 2.45) is 4.99 Å². The molecular formula is C21H29IN4O2. The summed E-state index contributed by atoms with van der Waals surface area (Å²) in [5, 5.41) is 15.9. The minimum atomic E-state index is -0.0115. The van der Waals surface area contributed by atoms with Crippen LogP contribution < -0.4 is 10.6 Å². The Labute approximate surface area is 184 Å². The molecule has 28 heavy (non-hydrogen) atoms. The van der Waals surface area contributed by atoms with Gasteiger partial charge in [0, 0.05) is 32.7 Å². The summed E-state index contributed by atoms with van der Waals surface area (Å²) in [6, 6.07) is 15.3. The van der Waals surface area contributed by atoms with Crippen molar-refractivity contribution in [3.8, 4) is 0 Å². The molecule has 2 rings (SSSR count). The number of aliphatic hydroxyl groups excluding tert-OH is 1. The first-order valence-corrected chi connectivity index (χ1v) is 9.05. The Hall–Kier alpha value is -2.13. The Morgan fingerprint density at radius 2 is 1.68 bits per heavy atom. The minimum Gasteiger partial charge on any atom is -0.392 e. The van der Waals surface area contributed by atoms with Gasteiger partial charge in [-0.25, -0.2) is 4.99 Å². The Morgan fingerprint density at radius 3 is 2.25 bits per heavy atom. The molecule has 0 saturated carbocycles. The molecule has 0 unspecified atom stereocenters. The lowest BCUT2D eigenvalue weighted by Gasteiger charge is -2.13. The van der Waals surface area contributed by atoms with Crippen molar-refractivity contribution in [3.63, 3.8) is 0 Å². The van der Waals surface area contributed by atoms with Gasteiger partial charge in [0.15, 0.2) is 5.96 Å². The molecule has 0 radical (unpaired) electrons. The highest BCUT2D eigenvalue weighted by molar-refractivity contribution is 14.0. The Bertz CT molecular complexity index is 776. The van der Waals surface area contributed by atoms with Crippen LogP contribution in [-0.4, -0.2) is 42.5 Å². The molecule has 152 valence electrons. The van der Waals surface area contributed by atoms with Crippen LogP contribution in [0.25, 0.3) is 0 Å². The lowest BCUT2D eigenvalue weighted by atomic mass is 10.1. The lowest BCUT2D eigenvalue weighted by molar-refractivity contribution is 0.0827. The molecule has 0 aliphatic carbocycles. The van der Waals surface area contributed by atoms with Crippen LogP contribution >= 0.6 is 24.0 Å². The van der Waals surface area contributed by atoms with Gasteiger partial charge in [-0.05, 0) is 35.7 Å². The van der Waals surface area contributed by atoms with Gasteiger partial charge in [-0.2, -0.15) is 0 Å². The fourth-order valence-corrected chi connectivity index (χ4v) is 2.59. The number of hydrogen-bond donors (Lipinski definition) is 3. The van der Waals surface area contributed by atoms with Crippen molar-refractivity contribution in [2.45, 2.75) is 26.6 Å². The molecule has 0 spiro atoms. The number of aliphatic hydroxyl groups is 1. The third-order valence-electron chi connectivity index (χ3n) is 4.11. The van der Waals surface area contributed by atoms with Gasteiger partial charge in [-0.3, -0.25) is 4.79 Å². The first kappa shape index (κ1) is 23.9. The predicted octanol–water partition coefficient (Wildman–Crippen LogP) is 2.75. The van der Waals surface area contributed by atoms with Crippen LogP contribution in [0.1, 0.15) is 34.0 Å². The maximum atomic E-state index is 11.9. The van der Waals surface area contributed by atoms with Crippen molar-refractivity contribution >= 4 is 35.8 Å². The van der Waals surface area contributed by atoms with Crippen LogP contribution in [0, 0.1) is 0 Å². The molecule has 0 aliphatic rings. The van der Waals surface area contributed by atoms with Gasteiger partial charge in [0.2, 0.25) is 0 Å². The molecule has 7 heteroatoms. The summed E-state index contributed by atoms with van der Waals surface area (Å²) in [7, 11) is 3.48. The summed E-state index contributed by atoms with van der Waals surface area (Å²) >= 11 is 0. The first-order chi connectivity index (χ1) is 13.0. The van der Waals surface area contributed by atoms with Gasteiger partial charge in [0.05, 0.1) is 13.2 Å². The van der Waals surface area contributed by atoms with E-state index in [9.17, 15) is 9.90 Å². The normalized spacial score (nSPS) is 10.8. The van der Waals surface area contributed by atoms with Crippen molar-refractivity contribution < 1.29 is 9.90 Å². The van der Waals surface area contributed by atoms with Crippen molar-refractivity contribution in [3.05, 3.63) is 70.8 Å². The van der Waals surface area contributed by atoms with Crippen LogP contribution in [0.4, 0.5) is 0 Å². The molecular weight excluding hydrogens is 467 g/mol. The zero-order valence-corrected chi connectivity index (χ0v) is 18.9. The zero-order chi connectivity index (χ0) is 19.6. The number of nitrogens with one attached hydrogen (secondary N) is 2. The van der Waals surface area contributed by atoms with E-state index in [1.54, 1.807) is 19.0 Å². The smallest absolute Gasteiger partial charge is 0.253 e. The SMILES string of the molecule is CCNC(=NCc1ccc(C(=O)N(C)C)cc1)NCc1ccccc1CO.I. The molecule has 0 fully saturated rings. The summed E-state index contributed by atoms with van der Waals surface area (Å²) < 4.78 is 0. The molecule has 0 bridgehead atoms. The summed E-state index contributed by atoms with van der Waals surface area (Å²) in [6.07, 6.45) is 0. The Balaban J connectivity index is 0.00000392. The van der Waals surface area contributed by atoms with Crippen molar-refractivity contribution in [1.29, 1.82) is 0 Å². The highest BCUT2D eigenvalue weighted by atomic mass is 127. The van der Waals surface area contributed by atoms with Crippen LogP contribution in [0.3, 0.4) is 0 Å². The second kappa shape index (κ2) is 12.4. The monoisotopic (exact) mass is 496 g/mol. The lowest BCUT2D eigenvalue weighted by Crippen LogP contribution is -2.37. The largest absolute Gasteiger partial charge is 0.392 e. The average molecular weight is 496 g/mol. The number of hydrogen-bond acceptors (Lipinski definition) is 3. The fraction of sp³-hybridized carbons (Fsp3) is 0.333. The highest BCUT2D eigenvalue weighted by Crippen LogP contribution is 2.09. The highest BCUT2D eigenvalue weighted by Gasteiger charge is 2.07. The number of amides is 1. The van der Waals surface area contributed by atoms with Crippen LogP contribution in [0.15, 0.2) is 53.5 Å². The molecule has 2 aromatic rings. The van der Waals surface area contributed by atoms with E-state index in [0.29, 0.717) is 24.6 Å². The van der Waals surface area contributed by atoms with Gasteiger partial charge >= 0.3 is 0 Å². The van der Waals surface area contributed by atoms with E-state index in [1.807, 2.05) is 55.5 Å². The van der Waals surface area contributed by atoms with E-state index < -0.39 is 0 Å². The van der Waals surface area contributed by atoms with E-state index in [0.717, 1.165) is 23.2 Å². The zero-order valence-electron chi connectivity index (χ0n) is 16.6. The van der Waals surface area contributed by atoms with E-state index in [1.165, 1.54) is 0 Å². The maximum Gasteiger partial charge on any atom is 0.253 e. The summed E-state index contributed by atoms with van der Waals surface area (Å²) in [6.45, 7) is 3.88. The van der Waals surface area contributed by atoms with Crippen LogP contribution in [0.2, 0.25) is 0 Å². The molecule has 6 nitrogen and oxygen atoms in total. The van der Waals surface area contributed by atoms with Gasteiger partial charge in [0.1, 0.15) is 0 Å². The van der Waals surface area contributed by atoms with Crippen molar-refractivity contribution in [1.82, 2.24) is 15.5 Å².